The Morgan fingerprint density at radius 2 is 2.08 bits per heavy atom. The van der Waals surface area contributed by atoms with Crippen LogP contribution in [0.5, 0.6) is 0 Å². The summed E-state index contributed by atoms with van der Waals surface area (Å²) in [5.41, 5.74) is 2.49. The second-order valence-electron chi connectivity index (χ2n) is 3.41. The second kappa shape index (κ2) is 3.17. The van der Waals surface area contributed by atoms with E-state index in [2.05, 4.69) is 29.1 Å². The van der Waals surface area contributed by atoms with Gasteiger partial charge in [0.1, 0.15) is 0 Å². The smallest absolute Gasteiger partial charge is 0.0770 e. The molecule has 0 spiro atoms. The maximum Gasteiger partial charge on any atom is 0.0770 e. The average molecular weight is 175 g/mol. The number of hydrazone groups is 1. The van der Waals surface area contributed by atoms with E-state index < -0.39 is 0 Å². The predicted molar refractivity (Wildman–Crippen MR) is 52.5 cm³/mol. The van der Waals surface area contributed by atoms with E-state index in [1.807, 2.05) is 24.5 Å². The lowest BCUT2D eigenvalue weighted by atomic mass is 10.0. The van der Waals surface area contributed by atoms with E-state index in [4.69, 9.17) is 0 Å². The first-order valence-electron chi connectivity index (χ1n) is 4.44. The Kier molecular flexibility index (Phi) is 2.00. The maximum absolute atomic E-state index is 4.38. The molecule has 0 saturated heterocycles. The molecule has 0 fully saturated rings. The largest absolute Gasteiger partial charge is 0.292 e. The molecule has 1 aromatic heterocycles. The standard InChI is InChI=1S/C10H13N3/c1-8-7-10(13(2)12-8)9-3-5-11-6-4-9/h3-6,10H,7H2,1-2H3. The van der Waals surface area contributed by atoms with E-state index in [1.54, 1.807) is 0 Å². The summed E-state index contributed by atoms with van der Waals surface area (Å²) in [5.74, 6) is 0. The number of rotatable bonds is 1. The van der Waals surface area contributed by atoms with E-state index in [0.29, 0.717) is 6.04 Å². The minimum Gasteiger partial charge on any atom is -0.292 e. The van der Waals surface area contributed by atoms with Crippen LogP contribution in [0, 0.1) is 0 Å². The first kappa shape index (κ1) is 8.23. The van der Waals surface area contributed by atoms with Crippen molar-refractivity contribution in [3.8, 4) is 0 Å². The summed E-state index contributed by atoms with van der Waals surface area (Å²) in [6, 6.07) is 4.51. The van der Waals surface area contributed by atoms with Gasteiger partial charge in [-0.15, -0.1) is 0 Å². The van der Waals surface area contributed by atoms with Crippen LogP contribution in [0.25, 0.3) is 0 Å². The van der Waals surface area contributed by atoms with E-state index in [-0.39, 0.29) is 0 Å². The van der Waals surface area contributed by atoms with Gasteiger partial charge in [-0.1, -0.05) is 0 Å². The Morgan fingerprint density at radius 3 is 2.62 bits per heavy atom. The minimum atomic E-state index is 0.406. The quantitative estimate of drug-likeness (QED) is 0.651. The van der Waals surface area contributed by atoms with Crippen molar-refractivity contribution < 1.29 is 0 Å². The highest BCUT2D eigenvalue weighted by Crippen LogP contribution is 2.27. The average Bonchev–Trinajstić information content (AvgIpc) is 2.47. The fourth-order valence-electron chi connectivity index (χ4n) is 1.71. The molecule has 13 heavy (non-hydrogen) atoms. The van der Waals surface area contributed by atoms with E-state index in [0.717, 1.165) is 6.42 Å². The molecule has 0 N–H and O–H groups in total. The molecule has 3 heteroatoms. The summed E-state index contributed by atoms with van der Waals surface area (Å²) in [7, 11) is 2.02. The lowest BCUT2D eigenvalue weighted by molar-refractivity contribution is 0.290. The van der Waals surface area contributed by atoms with Crippen molar-refractivity contribution in [1.82, 2.24) is 9.99 Å². The highest BCUT2D eigenvalue weighted by molar-refractivity contribution is 5.83. The third-order valence-corrected chi connectivity index (χ3v) is 2.36. The summed E-state index contributed by atoms with van der Waals surface area (Å²) in [6.45, 7) is 2.07. The van der Waals surface area contributed by atoms with E-state index in [1.165, 1.54) is 11.3 Å². The molecule has 1 unspecified atom stereocenters. The lowest BCUT2D eigenvalue weighted by Crippen LogP contribution is -2.13. The summed E-state index contributed by atoms with van der Waals surface area (Å²) in [6.07, 6.45) is 4.69. The number of nitrogens with zero attached hydrogens (tertiary/aromatic N) is 3. The topological polar surface area (TPSA) is 28.5 Å². The molecule has 0 saturated carbocycles. The van der Waals surface area contributed by atoms with Crippen LogP contribution >= 0.6 is 0 Å². The Bertz CT molecular complexity index is 318. The number of hydrogen-bond acceptors (Lipinski definition) is 3. The SMILES string of the molecule is CC1=NN(C)C(c2ccncc2)C1. The van der Waals surface area contributed by atoms with Crippen LogP contribution < -0.4 is 0 Å². The number of aromatic nitrogens is 1. The van der Waals surface area contributed by atoms with Gasteiger partial charge >= 0.3 is 0 Å². The lowest BCUT2D eigenvalue weighted by Gasteiger charge is -2.18. The van der Waals surface area contributed by atoms with Crippen molar-refractivity contribution in [1.29, 1.82) is 0 Å². The fraction of sp³-hybridized carbons (Fsp3) is 0.400. The van der Waals surface area contributed by atoms with Gasteiger partial charge in [0, 0.05) is 31.6 Å². The molecular formula is C10H13N3. The molecule has 0 aliphatic carbocycles. The number of hydrogen-bond donors (Lipinski definition) is 0. The summed E-state index contributed by atoms with van der Waals surface area (Å²) >= 11 is 0. The molecule has 1 aliphatic heterocycles. The molecule has 3 nitrogen and oxygen atoms in total. The third-order valence-electron chi connectivity index (χ3n) is 2.36. The van der Waals surface area contributed by atoms with Gasteiger partial charge in [-0.25, -0.2) is 0 Å². The normalized spacial score (nSPS) is 21.8. The fourth-order valence-corrected chi connectivity index (χ4v) is 1.71. The zero-order valence-corrected chi connectivity index (χ0v) is 7.94. The molecule has 1 aromatic rings. The second-order valence-corrected chi connectivity index (χ2v) is 3.41. The van der Waals surface area contributed by atoms with Crippen LogP contribution in [-0.2, 0) is 0 Å². The highest BCUT2D eigenvalue weighted by Gasteiger charge is 2.22. The molecule has 0 amide bonds. The van der Waals surface area contributed by atoms with Crippen LogP contribution in [0.1, 0.15) is 24.9 Å². The molecule has 1 aliphatic rings. The first-order valence-corrected chi connectivity index (χ1v) is 4.44. The van der Waals surface area contributed by atoms with Gasteiger partial charge in [-0.2, -0.15) is 5.10 Å². The van der Waals surface area contributed by atoms with Crippen LogP contribution in [-0.4, -0.2) is 22.8 Å². The van der Waals surface area contributed by atoms with Crippen molar-refractivity contribution in [2.75, 3.05) is 7.05 Å². The third kappa shape index (κ3) is 1.54. The molecule has 2 heterocycles. The number of pyridine rings is 1. The Hall–Kier alpha value is -1.38. The molecule has 2 rings (SSSR count). The molecule has 0 radical (unpaired) electrons. The molecular weight excluding hydrogens is 162 g/mol. The van der Waals surface area contributed by atoms with Crippen LogP contribution in [0.3, 0.4) is 0 Å². The Morgan fingerprint density at radius 1 is 1.38 bits per heavy atom. The van der Waals surface area contributed by atoms with Gasteiger partial charge in [-0.05, 0) is 24.6 Å². The van der Waals surface area contributed by atoms with Gasteiger partial charge in [0.25, 0.3) is 0 Å². The van der Waals surface area contributed by atoms with Gasteiger partial charge in [0.05, 0.1) is 6.04 Å². The predicted octanol–water partition coefficient (Wildman–Crippen LogP) is 1.83. The Balaban J connectivity index is 2.21. The van der Waals surface area contributed by atoms with Crippen LogP contribution in [0.15, 0.2) is 29.6 Å². The van der Waals surface area contributed by atoms with Gasteiger partial charge in [0.15, 0.2) is 0 Å². The van der Waals surface area contributed by atoms with Crippen molar-refractivity contribution in [3.63, 3.8) is 0 Å². The van der Waals surface area contributed by atoms with Crippen molar-refractivity contribution in [2.45, 2.75) is 19.4 Å². The minimum absolute atomic E-state index is 0.406. The molecule has 68 valence electrons. The monoisotopic (exact) mass is 175 g/mol. The van der Waals surface area contributed by atoms with Crippen molar-refractivity contribution in [3.05, 3.63) is 30.1 Å². The first-order chi connectivity index (χ1) is 6.27. The summed E-state index contributed by atoms with van der Waals surface area (Å²) in [5, 5.41) is 6.39. The van der Waals surface area contributed by atoms with Gasteiger partial charge in [-0.3, -0.25) is 9.99 Å². The highest BCUT2D eigenvalue weighted by atomic mass is 15.5. The van der Waals surface area contributed by atoms with E-state index in [9.17, 15) is 0 Å². The van der Waals surface area contributed by atoms with Crippen molar-refractivity contribution >= 4 is 5.71 Å². The molecule has 0 aromatic carbocycles. The summed E-state index contributed by atoms with van der Waals surface area (Å²) in [4.78, 5) is 4.00. The summed E-state index contributed by atoms with van der Waals surface area (Å²) < 4.78 is 0. The van der Waals surface area contributed by atoms with Gasteiger partial charge in [0.2, 0.25) is 0 Å². The molecule has 0 bridgehead atoms. The maximum atomic E-state index is 4.38. The van der Waals surface area contributed by atoms with Crippen molar-refractivity contribution in [2.24, 2.45) is 5.10 Å². The Labute approximate surface area is 78.1 Å². The van der Waals surface area contributed by atoms with Gasteiger partial charge < -0.3 is 0 Å². The van der Waals surface area contributed by atoms with Crippen LogP contribution in [0.4, 0.5) is 0 Å². The zero-order chi connectivity index (χ0) is 9.26. The van der Waals surface area contributed by atoms with E-state index >= 15 is 0 Å². The molecule has 1 atom stereocenters. The zero-order valence-electron chi connectivity index (χ0n) is 7.94. The van der Waals surface area contributed by atoms with Crippen LogP contribution in [0.2, 0.25) is 0 Å².